The van der Waals surface area contributed by atoms with Gasteiger partial charge in [-0.25, -0.2) is 4.79 Å². The van der Waals surface area contributed by atoms with E-state index >= 15 is 0 Å². The number of hydrogen-bond donors (Lipinski definition) is 0. The maximum atomic E-state index is 11.8. The Hall–Kier alpha value is -1.37. The number of esters is 1. The Balaban J connectivity index is 2.47. The van der Waals surface area contributed by atoms with Crippen LogP contribution >= 0.6 is 22.6 Å². The summed E-state index contributed by atoms with van der Waals surface area (Å²) in [4.78, 5) is 11.8. The third-order valence-electron chi connectivity index (χ3n) is 2.51. The van der Waals surface area contributed by atoms with E-state index < -0.39 is 0 Å². The highest BCUT2D eigenvalue weighted by Gasteiger charge is 2.21. The lowest BCUT2D eigenvalue weighted by Crippen LogP contribution is -2.11. The van der Waals surface area contributed by atoms with Crippen LogP contribution in [0.2, 0.25) is 0 Å². The van der Waals surface area contributed by atoms with Crippen LogP contribution in [0.4, 0.5) is 0 Å². The fraction of sp³-hybridized carbons (Fsp3) is 0.231. The van der Waals surface area contributed by atoms with E-state index in [1.165, 1.54) is 0 Å². The molecule has 0 N–H and O–H groups in total. The van der Waals surface area contributed by atoms with Gasteiger partial charge in [0.1, 0.15) is 5.69 Å². The molecule has 94 valence electrons. The zero-order valence-electron chi connectivity index (χ0n) is 10.2. The molecule has 0 bridgehead atoms. The Morgan fingerprint density at radius 2 is 2.06 bits per heavy atom. The average Bonchev–Trinajstić information content (AvgIpc) is 2.66. The zero-order chi connectivity index (χ0) is 13.1. The van der Waals surface area contributed by atoms with Gasteiger partial charge in [-0.1, -0.05) is 30.3 Å². The summed E-state index contributed by atoms with van der Waals surface area (Å²) in [6.07, 6.45) is 0. The molecule has 0 aliphatic carbocycles. The Morgan fingerprint density at radius 1 is 1.39 bits per heavy atom. The summed E-state index contributed by atoms with van der Waals surface area (Å²) >= 11 is 2.14. The van der Waals surface area contributed by atoms with Crippen LogP contribution in [0.15, 0.2) is 30.3 Å². The molecule has 0 saturated heterocycles. The molecule has 0 saturated carbocycles. The van der Waals surface area contributed by atoms with Gasteiger partial charge in [-0.05, 0) is 29.5 Å². The predicted molar refractivity (Wildman–Crippen MR) is 77.3 cm³/mol. The standard InChI is InChI=1S/C13H13IN2O2/c1-3-18-13(17)12-10(14)11(15-16(12)2)9-7-5-4-6-8-9/h4-8H,3H2,1-2H3. The molecule has 0 unspecified atom stereocenters. The molecule has 1 heterocycles. The molecule has 4 nitrogen and oxygen atoms in total. The number of halogens is 1. The fourth-order valence-electron chi connectivity index (χ4n) is 1.70. The molecule has 0 spiro atoms. The lowest BCUT2D eigenvalue weighted by molar-refractivity contribution is 0.0512. The predicted octanol–water partition coefficient (Wildman–Crippen LogP) is 2.87. The van der Waals surface area contributed by atoms with Crippen LogP contribution in [0.25, 0.3) is 11.3 Å². The van der Waals surface area contributed by atoms with Gasteiger partial charge in [-0.2, -0.15) is 5.10 Å². The topological polar surface area (TPSA) is 44.1 Å². The zero-order valence-corrected chi connectivity index (χ0v) is 12.3. The van der Waals surface area contributed by atoms with Crippen molar-refractivity contribution in [2.45, 2.75) is 6.92 Å². The van der Waals surface area contributed by atoms with Crippen molar-refractivity contribution in [2.24, 2.45) is 7.05 Å². The van der Waals surface area contributed by atoms with Crippen molar-refractivity contribution in [3.63, 3.8) is 0 Å². The monoisotopic (exact) mass is 356 g/mol. The van der Waals surface area contributed by atoms with Crippen LogP contribution in [-0.4, -0.2) is 22.4 Å². The summed E-state index contributed by atoms with van der Waals surface area (Å²) in [7, 11) is 1.75. The normalized spacial score (nSPS) is 10.4. The lowest BCUT2D eigenvalue weighted by Gasteiger charge is -2.01. The highest BCUT2D eigenvalue weighted by molar-refractivity contribution is 14.1. The number of benzene rings is 1. The summed E-state index contributed by atoms with van der Waals surface area (Å²) in [5.74, 6) is -0.334. The number of aryl methyl sites for hydroxylation is 1. The van der Waals surface area contributed by atoms with E-state index in [0.717, 1.165) is 14.8 Å². The molecular weight excluding hydrogens is 343 g/mol. The summed E-state index contributed by atoms with van der Waals surface area (Å²) < 4.78 is 7.42. The molecule has 0 radical (unpaired) electrons. The Kier molecular flexibility index (Phi) is 4.00. The van der Waals surface area contributed by atoms with Crippen LogP contribution in [0.1, 0.15) is 17.4 Å². The molecule has 0 fully saturated rings. The van der Waals surface area contributed by atoms with Gasteiger partial charge < -0.3 is 4.74 Å². The molecule has 0 aliphatic heterocycles. The van der Waals surface area contributed by atoms with Gasteiger partial charge in [0.2, 0.25) is 0 Å². The van der Waals surface area contributed by atoms with Gasteiger partial charge in [0.15, 0.2) is 5.69 Å². The Labute approximate surface area is 119 Å². The molecule has 1 aromatic heterocycles. The van der Waals surface area contributed by atoms with Crippen molar-refractivity contribution in [3.05, 3.63) is 39.6 Å². The van der Waals surface area contributed by atoms with Crippen LogP contribution in [-0.2, 0) is 11.8 Å². The van der Waals surface area contributed by atoms with Gasteiger partial charge in [0.25, 0.3) is 0 Å². The summed E-state index contributed by atoms with van der Waals surface area (Å²) in [6.45, 7) is 2.15. The fourth-order valence-corrected chi connectivity index (χ4v) is 2.69. The minimum absolute atomic E-state index is 0.334. The number of hydrogen-bond acceptors (Lipinski definition) is 3. The van der Waals surface area contributed by atoms with Gasteiger partial charge in [-0.15, -0.1) is 0 Å². The highest BCUT2D eigenvalue weighted by Crippen LogP contribution is 2.26. The largest absolute Gasteiger partial charge is 0.461 e. The third kappa shape index (κ3) is 2.40. The second kappa shape index (κ2) is 5.51. The van der Waals surface area contributed by atoms with E-state index in [9.17, 15) is 4.79 Å². The van der Waals surface area contributed by atoms with Crippen LogP contribution in [0, 0.1) is 3.57 Å². The Morgan fingerprint density at radius 3 is 2.67 bits per heavy atom. The first-order valence-electron chi connectivity index (χ1n) is 5.60. The molecule has 1 aromatic carbocycles. The number of rotatable bonds is 3. The van der Waals surface area contributed by atoms with E-state index in [4.69, 9.17) is 4.74 Å². The summed E-state index contributed by atoms with van der Waals surface area (Å²) in [6, 6.07) is 9.79. The SMILES string of the molecule is CCOC(=O)c1c(I)c(-c2ccccc2)nn1C. The average molecular weight is 356 g/mol. The number of aromatic nitrogens is 2. The minimum Gasteiger partial charge on any atom is -0.461 e. The van der Waals surface area contributed by atoms with Crippen molar-refractivity contribution in [3.8, 4) is 11.3 Å². The molecule has 2 rings (SSSR count). The van der Waals surface area contributed by atoms with Crippen molar-refractivity contribution in [1.82, 2.24) is 9.78 Å². The van der Waals surface area contributed by atoms with Crippen molar-refractivity contribution in [2.75, 3.05) is 6.61 Å². The molecule has 18 heavy (non-hydrogen) atoms. The Bertz CT molecular complexity index is 564. The number of carbonyl (C=O) groups is 1. The lowest BCUT2D eigenvalue weighted by atomic mass is 10.1. The maximum absolute atomic E-state index is 11.8. The van der Waals surface area contributed by atoms with Gasteiger partial charge in [0, 0.05) is 12.6 Å². The number of nitrogens with zero attached hydrogens (tertiary/aromatic N) is 2. The van der Waals surface area contributed by atoms with Crippen LogP contribution < -0.4 is 0 Å². The minimum atomic E-state index is -0.334. The molecular formula is C13H13IN2O2. The van der Waals surface area contributed by atoms with E-state index in [1.807, 2.05) is 30.3 Å². The molecule has 5 heteroatoms. The van der Waals surface area contributed by atoms with Crippen molar-refractivity contribution < 1.29 is 9.53 Å². The first-order chi connectivity index (χ1) is 8.65. The summed E-state index contributed by atoms with van der Waals surface area (Å²) in [5, 5.41) is 4.39. The second-order valence-electron chi connectivity index (χ2n) is 3.72. The van der Waals surface area contributed by atoms with Gasteiger partial charge in [-0.3, -0.25) is 4.68 Å². The van der Waals surface area contributed by atoms with Crippen LogP contribution in [0.5, 0.6) is 0 Å². The first kappa shape index (κ1) is 13.1. The van der Waals surface area contributed by atoms with E-state index in [-0.39, 0.29) is 5.97 Å². The number of carbonyl (C=O) groups excluding carboxylic acids is 1. The smallest absolute Gasteiger partial charge is 0.357 e. The van der Waals surface area contributed by atoms with Crippen molar-refractivity contribution >= 4 is 28.6 Å². The van der Waals surface area contributed by atoms with E-state index in [0.29, 0.717) is 12.3 Å². The van der Waals surface area contributed by atoms with Crippen LogP contribution in [0.3, 0.4) is 0 Å². The highest BCUT2D eigenvalue weighted by atomic mass is 127. The third-order valence-corrected chi connectivity index (χ3v) is 3.53. The maximum Gasteiger partial charge on any atom is 0.357 e. The molecule has 0 atom stereocenters. The second-order valence-corrected chi connectivity index (χ2v) is 4.80. The molecule has 0 amide bonds. The first-order valence-corrected chi connectivity index (χ1v) is 6.68. The summed E-state index contributed by atoms with van der Waals surface area (Å²) in [5.41, 5.74) is 2.30. The van der Waals surface area contributed by atoms with E-state index in [2.05, 4.69) is 27.7 Å². The number of ether oxygens (including phenoxy) is 1. The van der Waals surface area contributed by atoms with Crippen molar-refractivity contribution in [1.29, 1.82) is 0 Å². The molecule has 2 aromatic rings. The van der Waals surface area contributed by atoms with Gasteiger partial charge in [0.05, 0.1) is 10.2 Å². The van der Waals surface area contributed by atoms with E-state index in [1.54, 1.807) is 18.7 Å². The van der Waals surface area contributed by atoms with Gasteiger partial charge >= 0.3 is 5.97 Å². The molecule has 0 aliphatic rings. The quantitative estimate of drug-likeness (QED) is 0.628.